The molecule has 2 rings (SSSR count). The quantitative estimate of drug-likeness (QED) is 0.741. The molecule has 2 heteroatoms. The van der Waals surface area contributed by atoms with Crippen molar-refractivity contribution in [3.63, 3.8) is 0 Å². The minimum absolute atomic E-state index is 0.820. The van der Waals surface area contributed by atoms with Crippen LogP contribution in [0.15, 0.2) is 0 Å². The first-order valence-corrected chi connectivity index (χ1v) is 7.11. The Labute approximate surface area is 101 Å². The van der Waals surface area contributed by atoms with E-state index in [0.717, 1.165) is 23.9 Å². The molecular weight excluding hydrogens is 196 g/mol. The molecule has 2 atom stereocenters. The van der Waals surface area contributed by atoms with Crippen molar-refractivity contribution in [3.05, 3.63) is 0 Å². The largest absolute Gasteiger partial charge is 0.314 e. The Morgan fingerprint density at radius 1 is 1.00 bits per heavy atom. The predicted molar refractivity (Wildman–Crippen MR) is 69.6 cm³/mol. The van der Waals surface area contributed by atoms with E-state index in [4.69, 9.17) is 0 Å². The summed E-state index contributed by atoms with van der Waals surface area (Å²) in [6.45, 7) is 7.20. The van der Waals surface area contributed by atoms with Crippen molar-refractivity contribution in [1.82, 2.24) is 10.2 Å². The Bertz CT molecular complexity index is 211. The zero-order chi connectivity index (χ0) is 11.5. The summed E-state index contributed by atoms with van der Waals surface area (Å²) in [6.07, 6.45) is 7.21. The minimum atomic E-state index is 0.820. The average molecular weight is 224 g/mol. The average Bonchev–Trinajstić information content (AvgIpc) is 2.39. The van der Waals surface area contributed by atoms with Gasteiger partial charge in [0.15, 0.2) is 0 Å². The van der Waals surface area contributed by atoms with Gasteiger partial charge in [0.2, 0.25) is 0 Å². The van der Waals surface area contributed by atoms with Crippen LogP contribution in [0.4, 0.5) is 0 Å². The molecule has 2 unspecified atom stereocenters. The van der Waals surface area contributed by atoms with Gasteiger partial charge < -0.3 is 5.32 Å². The van der Waals surface area contributed by atoms with E-state index < -0.39 is 0 Å². The van der Waals surface area contributed by atoms with E-state index in [9.17, 15) is 0 Å². The summed E-state index contributed by atoms with van der Waals surface area (Å²) in [4.78, 5) is 2.65. The minimum Gasteiger partial charge on any atom is -0.314 e. The summed E-state index contributed by atoms with van der Waals surface area (Å²) in [7, 11) is 2.34. The van der Waals surface area contributed by atoms with Crippen LogP contribution in [0.5, 0.6) is 0 Å². The van der Waals surface area contributed by atoms with Crippen LogP contribution in [0.2, 0.25) is 0 Å². The lowest BCUT2D eigenvalue weighted by Crippen LogP contribution is -2.58. The van der Waals surface area contributed by atoms with Gasteiger partial charge >= 0.3 is 0 Å². The van der Waals surface area contributed by atoms with Crippen LogP contribution in [0.3, 0.4) is 0 Å². The van der Waals surface area contributed by atoms with Gasteiger partial charge in [-0.3, -0.25) is 4.90 Å². The van der Waals surface area contributed by atoms with Crippen molar-refractivity contribution in [1.29, 1.82) is 0 Å². The van der Waals surface area contributed by atoms with E-state index >= 15 is 0 Å². The Morgan fingerprint density at radius 3 is 2.31 bits per heavy atom. The fourth-order valence-corrected chi connectivity index (χ4v) is 3.24. The fraction of sp³-hybridized carbons (Fsp3) is 1.00. The summed E-state index contributed by atoms with van der Waals surface area (Å²) < 4.78 is 0. The van der Waals surface area contributed by atoms with Crippen LogP contribution >= 0.6 is 0 Å². The first kappa shape index (κ1) is 12.4. The molecule has 0 radical (unpaired) electrons. The highest BCUT2D eigenvalue weighted by Gasteiger charge is 2.29. The van der Waals surface area contributed by atoms with E-state index in [2.05, 4.69) is 31.1 Å². The van der Waals surface area contributed by atoms with Crippen LogP contribution in [-0.4, -0.2) is 37.1 Å². The smallest absolute Gasteiger partial charge is 0.0345 e. The van der Waals surface area contributed by atoms with Crippen molar-refractivity contribution in [2.75, 3.05) is 20.1 Å². The lowest BCUT2D eigenvalue weighted by atomic mass is 9.89. The van der Waals surface area contributed by atoms with Crippen LogP contribution in [0.25, 0.3) is 0 Å². The van der Waals surface area contributed by atoms with Crippen LogP contribution in [0, 0.1) is 11.8 Å². The number of rotatable bonds is 3. The molecule has 0 spiro atoms. The highest BCUT2D eigenvalue weighted by molar-refractivity contribution is 4.88. The Hall–Kier alpha value is -0.0800. The maximum absolute atomic E-state index is 3.38. The van der Waals surface area contributed by atoms with Crippen LogP contribution in [-0.2, 0) is 0 Å². The van der Waals surface area contributed by atoms with Crippen molar-refractivity contribution in [2.24, 2.45) is 11.8 Å². The summed E-state index contributed by atoms with van der Waals surface area (Å²) in [6, 6.07) is 1.68. The number of nitrogens with one attached hydrogen (secondary N) is 1. The maximum atomic E-state index is 3.38. The lowest BCUT2D eigenvalue weighted by molar-refractivity contribution is 0.115. The number of nitrogens with zero attached hydrogens (tertiary/aromatic N) is 1. The number of likely N-dealkylation sites (N-methyl/N-ethyl adjacent to an activating group) is 1. The monoisotopic (exact) mass is 224 g/mol. The third-order valence-electron chi connectivity index (χ3n) is 4.84. The van der Waals surface area contributed by atoms with E-state index in [0.29, 0.717) is 0 Å². The topological polar surface area (TPSA) is 15.3 Å². The molecular formula is C14H28N2. The summed E-state index contributed by atoms with van der Waals surface area (Å²) in [5, 5.41) is 3.38. The van der Waals surface area contributed by atoms with E-state index in [1.54, 1.807) is 0 Å². The molecule has 0 aromatic carbocycles. The van der Waals surface area contributed by atoms with Gasteiger partial charge in [-0.2, -0.15) is 0 Å². The van der Waals surface area contributed by atoms with Crippen molar-refractivity contribution in [3.8, 4) is 0 Å². The molecule has 1 aliphatic heterocycles. The Kier molecular flexibility index (Phi) is 4.26. The Morgan fingerprint density at radius 2 is 1.75 bits per heavy atom. The lowest BCUT2D eigenvalue weighted by Gasteiger charge is -2.40. The second-order valence-corrected chi connectivity index (χ2v) is 6.14. The molecule has 1 heterocycles. The van der Waals surface area contributed by atoms with E-state index in [-0.39, 0.29) is 0 Å². The third-order valence-corrected chi connectivity index (χ3v) is 4.84. The maximum Gasteiger partial charge on any atom is 0.0345 e. The first-order valence-electron chi connectivity index (χ1n) is 7.11. The van der Waals surface area contributed by atoms with E-state index in [1.165, 1.54) is 45.2 Å². The van der Waals surface area contributed by atoms with Gasteiger partial charge in [-0.05, 0) is 38.1 Å². The molecule has 0 aromatic heterocycles. The Balaban J connectivity index is 1.83. The van der Waals surface area contributed by atoms with Gasteiger partial charge in [0, 0.05) is 25.2 Å². The van der Waals surface area contributed by atoms with E-state index in [1.807, 2.05) is 0 Å². The molecule has 94 valence electrons. The van der Waals surface area contributed by atoms with Crippen LogP contribution in [0.1, 0.15) is 46.0 Å². The predicted octanol–water partition coefficient (Wildman–Crippen LogP) is 2.49. The summed E-state index contributed by atoms with van der Waals surface area (Å²) in [5.74, 6) is 1.87. The molecule has 1 saturated carbocycles. The highest BCUT2D eigenvalue weighted by Crippen LogP contribution is 2.31. The van der Waals surface area contributed by atoms with Gasteiger partial charge in [-0.15, -0.1) is 0 Å². The SMILES string of the molecule is CC(C)C1CCCC(N(C)C2CNC2)CC1. The van der Waals surface area contributed by atoms with Crippen molar-refractivity contribution in [2.45, 2.75) is 58.0 Å². The van der Waals surface area contributed by atoms with Gasteiger partial charge in [0.05, 0.1) is 0 Å². The molecule has 2 fully saturated rings. The first-order chi connectivity index (χ1) is 7.68. The zero-order valence-corrected chi connectivity index (χ0v) is 11.2. The number of hydrogen-bond acceptors (Lipinski definition) is 2. The normalized spacial score (nSPS) is 32.8. The van der Waals surface area contributed by atoms with Crippen molar-refractivity contribution < 1.29 is 0 Å². The molecule has 16 heavy (non-hydrogen) atoms. The molecule has 1 saturated heterocycles. The second kappa shape index (κ2) is 5.50. The highest BCUT2D eigenvalue weighted by atomic mass is 15.2. The molecule has 2 aliphatic rings. The molecule has 0 aromatic rings. The third kappa shape index (κ3) is 2.78. The molecule has 1 N–H and O–H groups in total. The fourth-order valence-electron chi connectivity index (χ4n) is 3.24. The van der Waals surface area contributed by atoms with Gasteiger partial charge in [-0.1, -0.05) is 26.7 Å². The van der Waals surface area contributed by atoms with Gasteiger partial charge in [0.25, 0.3) is 0 Å². The molecule has 0 amide bonds. The second-order valence-electron chi connectivity index (χ2n) is 6.14. The summed E-state index contributed by atoms with van der Waals surface area (Å²) >= 11 is 0. The van der Waals surface area contributed by atoms with Gasteiger partial charge in [-0.25, -0.2) is 0 Å². The summed E-state index contributed by atoms with van der Waals surface area (Å²) in [5.41, 5.74) is 0. The standard InChI is InChI=1S/C14H28N2/c1-11(2)12-5-4-6-13(8-7-12)16(3)14-9-15-10-14/h11-15H,4-10H2,1-3H3. The molecule has 1 aliphatic carbocycles. The van der Waals surface area contributed by atoms with Gasteiger partial charge in [0.1, 0.15) is 0 Å². The number of hydrogen-bond donors (Lipinski definition) is 1. The van der Waals surface area contributed by atoms with Crippen molar-refractivity contribution >= 4 is 0 Å². The van der Waals surface area contributed by atoms with Crippen LogP contribution < -0.4 is 5.32 Å². The molecule has 2 nitrogen and oxygen atoms in total. The molecule has 0 bridgehead atoms. The zero-order valence-electron chi connectivity index (χ0n) is 11.2.